The van der Waals surface area contributed by atoms with Crippen LogP contribution >= 0.6 is 0 Å². The second kappa shape index (κ2) is 13.1. The molecule has 0 saturated carbocycles. The summed E-state index contributed by atoms with van der Waals surface area (Å²) in [6, 6.07) is 6.42. The molecule has 2 aliphatic rings. The lowest BCUT2D eigenvalue weighted by Crippen LogP contribution is -2.55. The van der Waals surface area contributed by atoms with Gasteiger partial charge in [0.15, 0.2) is 5.78 Å². The molecule has 0 bridgehead atoms. The number of Topliss-reactive ketones (excluding diaryl/α,β-unsaturated/α-hetero) is 1. The molecule has 44 heavy (non-hydrogen) atoms. The first-order valence-electron chi connectivity index (χ1n) is 14.3. The van der Waals surface area contributed by atoms with Crippen LogP contribution in [0.1, 0.15) is 56.8 Å². The molecule has 0 aromatic heterocycles. The van der Waals surface area contributed by atoms with E-state index in [-0.39, 0.29) is 36.2 Å². The minimum absolute atomic E-state index is 0.0783. The van der Waals surface area contributed by atoms with Crippen molar-refractivity contribution in [1.29, 1.82) is 0 Å². The number of nitro benzene ring substituents is 1. The van der Waals surface area contributed by atoms with E-state index in [1.165, 1.54) is 31.7 Å². The Bertz CT molecular complexity index is 1510. The van der Waals surface area contributed by atoms with Gasteiger partial charge >= 0.3 is 0 Å². The number of amides is 5. The van der Waals surface area contributed by atoms with E-state index in [0.717, 1.165) is 11.0 Å². The maximum Gasteiger partial charge on any atom is 0.278 e. The van der Waals surface area contributed by atoms with Gasteiger partial charge in [-0.25, -0.2) is 4.90 Å². The highest BCUT2D eigenvalue weighted by molar-refractivity contribution is 6.24. The Morgan fingerprint density at radius 3 is 2.18 bits per heavy atom. The highest BCUT2D eigenvalue weighted by Gasteiger charge is 2.40. The Balaban J connectivity index is 1.68. The number of rotatable bonds is 10. The number of benzene rings is 2. The molecule has 5 amide bonds. The zero-order valence-corrected chi connectivity index (χ0v) is 24.6. The Labute approximate surface area is 253 Å². The molecule has 2 aliphatic heterocycles. The van der Waals surface area contributed by atoms with Gasteiger partial charge in [0.1, 0.15) is 12.1 Å². The Hall–Kier alpha value is -4.98. The van der Waals surface area contributed by atoms with Crippen molar-refractivity contribution in [2.75, 3.05) is 11.4 Å². The summed E-state index contributed by atoms with van der Waals surface area (Å²) in [5.74, 6) is -3.53. The molecule has 14 heteroatoms. The molecule has 0 spiro atoms. The Morgan fingerprint density at radius 2 is 1.59 bits per heavy atom. The number of likely N-dealkylation sites (tertiary alicyclic amines) is 1. The standard InChI is InChI=1S/C30H34N6O8/c1-16(31)28(40)33-18(3)30(42)34-15-7-10-22(34)29(41)32-17(2)27(39)26-20(35-23(37)13-14-24(35)38)11-12-21(36(43)44)25(26)19-8-5-4-6-9-19/h4-6,8-9,11-12,16-18,22H,7,10,13-15,31H2,1-3H3,(H,32,41)(H,33,40)/t16-,17-,18-,22-/m0/s1. The third-order valence-electron chi connectivity index (χ3n) is 7.69. The lowest BCUT2D eigenvalue weighted by Gasteiger charge is -2.28. The van der Waals surface area contributed by atoms with Crippen LogP contribution < -0.4 is 21.3 Å². The number of nitrogens with one attached hydrogen (secondary N) is 2. The molecule has 2 aromatic rings. The first-order valence-corrected chi connectivity index (χ1v) is 14.3. The van der Waals surface area contributed by atoms with E-state index in [4.69, 9.17) is 5.73 Å². The van der Waals surface area contributed by atoms with Gasteiger partial charge in [-0.3, -0.25) is 38.9 Å². The van der Waals surface area contributed by atoms with Crippen LogP contribution in [0.2, 0.25) is 0 Å². The molecule has 4 N–H and O–H groups in total. The number of carbonyl (C=O) groups is 6. The maximum absolute atomic E-state index is 14.1. The number of imide groups is 1. The number of nitrogens with zero attached hydrogens (tertiary/aromatic N) is 3. The number of hydrogen-bond acceptors (Lipinski definition) is 9. The van der Waals surface area contributed by atoms with Crippen LogP contribution in [0.5, 0.6) is 0 Å². The van der Waals surface area contributed by atoms with Crippen molar-refractivity contribution in [2.45, 2.75) is 70.6 Å². The van der Waals surface area contributed by atoms with Gasteiger partial charge < -0.3 is 21.3 Å². The summed E-state index contributed by atoms with van der Waals surface area (Å²) in [5, 5.41) is 17.3. The lowest BCUT2D eigenvalue weighted by molar-refractivity contribution is -0.384. The molecule has 14 nitrogen and oxygen atoms in total. The summed E-state index contributed by atoms with van der Waals surface area (Å²) in [6.45, 7) is 4.60. The summed E-state index contributed by atoms with van der Waals surface area (Å²) >= 11 is 0. The highest BCUT2D eigenvalue weighted by Crippen LogP contribution is 2.41. The number of hydrogen-bond donors (Lipinski definition) is 3. The van der Waals surface area contributed by atoms with E-state index in [2.05, 4.69) is 10.6 Å². The molecule has 0 radical (unpaired) electrons. The van der Waals surface area contributed by atoms with Gasteiger partial charge in [-0.05, 0) is 45.2 Å². The first kappa shape index (κ1) is 31.9. The zero-order valence-electron chi connectivity index (χ0n) is 24.6. The van der Waals surface area contributed by atoms with Crippen molar-refractivity contribution in [3.63, 3.8) is 0 Å². The molecular formula is C30H34N6O8. The Morgan fingerprint density at radius 1 is 0.955 bits per heavy atom. The number of anilines is 1. The van der Waals surface area contributed by atoms with Gasteiger partial charge in [0.25, 0.3) is 5.69 Å². The molecule has 2 saturated heterocycles. The fourth-order valence-electron chi connectivity index (χ4n) is 5.46. The summed E-state index contributed by atoms with van der Waals surface area (Å²) in [6.07, 6.45) is 0.656. The SMILES string of the molecule is C[C@H](N)C(=O)N[C@@H](C)C(=O)N1CCC[C@H]1C(=O)N[C@@H](C)C(=O)c1c(N2C(=O)CCC2=O)ccc([N+](=O)[O-])c1-c1ccccc1. The normalized spacial score (nSPS) is 18.5. The van der Waals surface area contributed by atoms with E-state index in [1.54, 1.807) is 30.3 Å². The molecule has 2 heterocycles. The maximum atomic E-state index is 14.1. The summed E-state index contributed by atoms with van der Waals surface area (Å²) < 4.78 is 0. The van der Waals surface area contributed by atoms with Gasteiger partial charge in [0, 0.05) is 25.5 Å². The number of ketones is 1. The zero-order chi connectivity index (χ0) is 32.3. The summed E-state index contributed by atoms with van der Waals surface area (Å²) in [7, 11) is 0. The van der Waals surface area contributed by atoms with Crippen molar-refractivity contribution >= 4 is 46.7 Å². The topological polar surface area (TPSA) is 202 Å². The average molecular weight is 607 g/mol. The van der Waals surface area contributed by atoms with Crippen molar-refractivity contribution in [3.8, 4) is 11.1 Å². The second-order valence-electron chi connectivity index (χ2n) is 10.9. The van der Waals surface area contributed by atoms with Crippen LogP contribution in [-0.4, -0.2) is 75.9 Å². The van der Waals surface area contributed by atoms with Crippen LogP contribution in [0.15, 0.2) is 42.5 Å². The first-order chi connectivity index (χ1) is 20.8. The predicted octanol–water partition coefficient (Wildman–Crippen LogP) is 1.45. The third kappa shape index (κ3) is 6.34. The quantitative estimate of drug-likeness (QED) is 0.155. The fourth-order valence-corrected chi connectivity index (χ4v) is 5.46. The van der Waals surface area contributed by atoms with Gasteiger partial charge in [-0.15, -0.1) is 0 Å². The molecule has 0 aliphatic carbocycles. The van der Waals surface area contributed by atoms with Gasteiger partial charge in [-0.1, -0.05) is 30.3 Å². The van der Waals surface area contributed by atoms with E-state index < -0.39 is 70.1 Å². The van der Waals surface area contributed by atoms with Crippen molar-refractivity contribution in [3.05, 3.63) is 58.1 Å². The number of carbonyl (C=O) groups excluding carboxylic acids is 6. The van der Waals surface area contributed by atoms with Crippen molar-refractivity contribution in [2.24, 2.45) is 5.73 Å². The Kier molecular flexibility index (Phi) is 9.53. The highest BCUT2D eigenvalue weighted by atomic mass is 16.6. The van der Waals surface area contributed by atoms with Gasteiger partial charge in [0.05, 0.1) is 33.8 Å². The average Bonchev–Trinajstić information content (AvgIpc) is 3.62. The summed E-state index contributed by atoms with van der Waals surface area (Å²) in [4.78, 5) is 91.8. The minimum atomic E-state index is -1.27. The summed E-state index contributed by atoms with van der Waals surface area (Å²) in [5.41, 5.74) is 5.00. The fraction of sp³-hybridized carbons (Fsp3) is 0.400. The molecular weight excluding hydrogens is 572 g/mol. The van der Waals surface area contributed by atoms with Crippen LogP contribution in [-0.2, 0) is 24.0 Å². The van der Waals surface area contributed by atoms with Crippen LogP contribution in [0.25, 0.3) is 11.1 Å². The molecule has 4 rings (SSSR count). The van der Waals surface area contributed by atoms with E-state index in [1.807, 2.05) is 0 Å². The number of nitrogens with two attached hydrogens (primary N) is 1. The number of nitro groups is 1. The lowest BCUT2D eigenvalue weighted by atomic mass is 9.90. The van der Waals surface area contributed by atoms with Crippen molar-refractivity contribution < 1.29 is 33.7 Å². The molecule has 232 valence electrons. The van der Waals surface area contributed by atoms with Gasteiger partial charge in [0.2, 0.25) is 29.5 Å². The van der Waals surface area contributed by atoms with E-state index in [0.29, 0.717) is 18.4 Å². The smallest absolute Gasteiger partial charge is 0.278 e. The van der Waals surface area contributed by atoms with Crippen LogP contribution in [0.4, 0.5) is 11.4 Å². The molecule has 2 aromatic carbocycles. The molecule has 2 fully saturated rings. The van der Waals surface area contributed by atoms with Crippen molar-refractivity contribution in [1.82, 2.24) is 15.5 Å². The van der Waals surface area contributed by atoms with Crippen LogP contribution in [0, 0.1) is 10.1 Å². The van der Waals surface area contributed by atoms with Crippen LogP contribution in [0.3, 0.4) is 0 Å². The van der Waals surface area contributed by atoms with Gasteiger partial charge in [-0.2, -0.15) is 0 Å². The molecule has 0 unspecified atom stereocenters. The third-order valence-corrected chi connectivity index (χ3v) is 7.69. The predicted molar refractivity (Wildman–Crippen MR) is 158 cm³/mol. The minimum Gasteiger partial charge on any atom is -0.344 e. The molecule has 4 atom stereocenters. The van der Waals surface area contributed by atoms with E-state index in [9.17, 15) is 38.9 Å². The second-order valence-corrected chi connectivity index (χ2v) is 10.9. The largest absolute Gasteiger partial charge is 0.344 e. The van der Waals surface area contributed by atoms with E-state index >= 15 is 0 Å². The monoisotopic (exact) mass is 606 g/mol.